The number of fused-ring (bicyclic) bond motifs is 2. The summed E-state index contributed by atoms with van der Waals surface area (Å²) in [6.07, 6.45) is 5.93. The van der Waals surface area contributed by atoms with Gasteiger partial charge in [0.2, 0.25) is 5.91 Å². The number of carbonyl (C=O) groups excluding carboxylic acids is 1. The number of benzene rings is 1. The van der Waals surface area contributed by atoms with Crippen LogP contribution < -0.4 is 10.6 Å². The highest BCUT2D eigenvalue weighted by Gasteiger charge is 2.16. The third-order valence-electron chi connectivity index (χ3n) is 4.25. The number of hydrogen-bond donors (Lipinski definition) is 3. The highest BCUT2D eigenvalue weighted by atomic mass is 16.1. The second-order valence-corrected chi connectivity index (χ2v) is 5.82. The van der Waals surface area contributed by atoms with E-state index < -0.39 is 0 Å². The van der Waals surface area contributed by atoms with Crippen LogP contribution in [-0.2, 0) is 17.8 Å². The van der Waals surface area contributed by atoms with E-state index in [1.165, 1.54) is 10.9 Å². The predicted octanol–water partition coefficient (Wildman–Crippen LogP) is 2.75. The lowest BCUT2D eigenvalue weighted by molar-refractivity contribution is -0.116. The molecule has 118 valence electrons. The summed E-state index contributed by atoms with van der Waals surface area (Å²) in [7, 11) is 0. The molecule has 6 heteroatoms. The lowest BCUT2D eigenvalue weighted by Crippen LogP contribution is -2.19. The second-order valence-electron chi connectivity index (χ2n) is 5.82. The standard InChI is InChI=1S/C17H19N5O/c23-16(21-15-11-20-22-9-3-8-18-17(15)22)7-6-12-10-19-14-5-2-1-4-13(12)14/h1-2,4-5,10-11,18-19H,3,6-9H2,(H,21,23). The summed E-state index contributed by atoms with van der Waals surface area (Å²) in [6, 6.07) is 8.15. The Morgan fingerprint density at radius 1 is 1.35 bits per heavy atom. The van der Waals surface area contributed by atoms with Gasteiger partial charge in [0.15, 0.2) is 0 Å². The minimum absolute atomic E-state index is 0.0125. The fourth-order valence-electron chi connectivity index (χ4n) is 3.07. The van der Waals surface area contributed by atoms with Crippen LogP contribution >= 0.6 is 0 Å². The fraction of sp³-hybridized carbons (Fsp3) is 0.294. The van der Waals surface area contributed by atoms with Crippen molar-refractivity contribution in [3.05, 3.63) is 42.2 Å². The summed E-state index contributed by atoms with van der Waals surface area (Å²) < 4.78 is 1.90. The highest BCUT2D eigenvalue weighted by molar-refractivity contribution is 5.94. The second kappa shape index (κ2) is 5.79. The number of aromatic nitrogens is 3. The van der Waals surface area contributed by atoms with Gasteiger partial charge < -0.3 is 15.6 Å². The molecule has 0 bridgehead atoms. The van der Waals surface area contributed by atoms with Crippen molar-refractivity contribution >= 4 is 28.3 Å². The average Bonchev–Trinajstić information content (AvgIpc) is 3.18. The van der Waals surface area contributed by atoms with Gasteiger partial charge in [-0.1, -0.05) is 18.2 Å². The first-order valence-corrected chi connectivity index (χ1v) is 7.96. The molecule has 0 unspecified atom stereocenters. The zero-order valence-corrected chi connectivity index (χ0v) is 12.8. The Bertz CT molecular complexity index is 848. The van der Waals surface area contributed by atoms with E-state index in [0.717, 1.165) is 36.5 Å². The lowest BCUT2D eigenvalue weighted by atomic mass is 10.1. The molecule has 1 aliphatic heterocycles. The van der Waals surface area contributed by atoms with Crippen molar-refractivity contribution in [2.75, 3.05) is 17.2 Å². The highest BCUT2D eigenvalue weighted by Crippen LogP contribution is 2.24. The molecule has 1 aliphatic rings. The van der Waals surface area contributed by atoms with Crippen LogP contribution in [0.5, 0.6) is 0 Å². The van der Waals surface area contributed by atoms with E-state index >= 15 is 0 Å². The number of anilines is 2. The number of aryl methyl sites for hydroxylation is 2. The van der Waals surface area contributed by atoms with Gasteiger partial charge in [-0.2, -0.15) is 5.10 Å². The summed E-state index contributed by atoms with van der Waals surface area (Å²) >= 11 is 0. The quantitative estimate of drug-likeness (QED) is 0.693. The minimum Gasteiger partial charge on any atom is -0.368 e. The average molecular weight is 309 g/mol. The third-order valence-corrected chi connectivity index (χ3v) is 4.25. The number of nitrogens with one attached hydrogen (secondary N) is 3. The van der Waals surface area contributed by atoms with E-state index in [-0.39, 0.29) is 5.91 Å². The third kappa shape index (κ3) is 2.67. The van der Waals surface area contributed by atoms with Gasteiger partial charge >= 0.3 is 0 Å². The maximum Gasteiger partial charge on any atom is 0.224 e. The van der Waals surface area contributed by atoms with Crippen molar-refractivity contribution in [1.82, 2.24) is 14.8 Å². The molecule has 23 heavy (non-hydrogen) atoms. The van der Waals surface area contributed by atoms with Gasteiger partial charge in [-0.15, -0.1) is 0 Å². The Morgan fingerprint density at radius 2 is 2.26 bits per heavy atom. The van der Waals surface area contributed by atoms with Crippen molar-refractivity contribution in [3.63, 3.8) is 0 Å². The number of H-pyrrole nitrogens is 1. The molecule has 0 saturated carbocycles. The van der Waals surface area contributed by atoms with Gasteiger partial charge in [-0.25, -0.2) is 4.68 Å². The Labute approximate surface area is 133 Å². The van der Waals surface area contributed by atoms with E-state index in [0.29, 0.717) is 12.8 Å². The lowest BCUT2D eigenvalue weighted by Gasteiger charge is -2.17. The van der Waals surface area contributed by atoms with Crippen molar-refractivity contribution < 1.29 is 4.79 Å². The van der Waals surface area contributed by atoms with Crippen LogP contribution in [0.4, 0.5) is 11.5 Å². The van der Waals surface area contributed by atoms with Crippen LogP contribution in [0.2, 0.25) is 0 Å². The summed E-state index contributed by atoms with van der Waals surface area (Å²) in [6.45, 7) is 1.82. The molecule has 3 aromatic rings. The van der Waals surface area contributed by atoms with Crippen LogP contribution in [0.3, 0.4) is 0 Å². The van der Waals surface area contributed by atoms with Gasteiger partial charge in [0, 0.05) is 36.6 Å². The molecule has 1 aromatic carbocycles. The normalized spacial score (nSPS) is 13.6. The fourth-order valence-corrected chi connectivity index (χ4v) is 3.07. The van der Waals surface area contributed by atoms with Crippen LogP contribution in [0, 0.1) is 0 Å². The number of hydrogen-bond acceptors (Lipinski definition) is 3. The number of carbonyl (C=O) groups is 1. The van der Waals surface area contributed by atoms with Crippen molar-refractivity contribution in [2.24, 2.45) is 0 Å². The molecule has 6 nitrogen and oxygen atoms in total. The Morgan fingerprint density at radius 3 is 3.22 bits per heavy atom. The molecule has 0 spiro atoms. The maximum absolute atomic E-state index is 12.2. The Kier molecular flexibility index (Phi) is 3.49. The molecular weight excluding hydrogens is 290 g/mol. The van der Waals surface area contributed by atoms with E-state index in [1.54, 1.807) is 6.20 Å². The molecule has 0 atom stereocenters. The zero-order valence-electron chi connectivity index (χ0n) is 12.8. The first-order valence-electron chi connectivity index (χ1n) is 7.96. The van der Waals surface area contributed by atoms with Gasteiger partial charge in [0.25, 0.3) is 0 Å². The molecule has 0 aliphatic carbocycles. The monoisotopic (exact) mass is 309 g/mol. The van der Waals surface area contributed by atoms with E-state index in [9.17, 15) is 4.79 Å². The number of nitrogens with zero attached hydrogens (tertiary/aromatic N) is 2. The first-order chi connectivity index (χ1) is 11.3. The summed E-state index contributed by atoms with van der Waals surface area (Å²) in [5.74, 6) is 0.926. The topological polar surface area (TPSA) is 74.7 Å². The van der Waals surface area contributed by atoms with E-state index in [4.69, 9.17) is 0 Å². The molecule has 3 heterocycles. The minimum atomic E-state index is 0.0125. The zero-order chi connectivity index (χ0) is 15.6. The molecule has 4 rings (SSSR count). The molecule has 2 aromatic heterocycles. The van der Waals surface area contributed by atoms with E-state index in [2.05, 4.69) is 26.8 Å². The van der Waals surface area contributed by atoms with Crippen LogP contribution in [0.1, 0.15) is 18.4 Å². The summed E-state index contributed by atoms with van der Waals surface area (Å²) in [5, 5.41) is 11.7. The number of aromatic amines is 1. The van der Waals surface area contributed by atoms with Gasteiger partial charge in [0.05, 0.1) is 6.20 Å². The van der Waals surface area contributed by atoms with Gasteiger partial charge in [0.1, 0.15) is 11.5 Å². The van der Waals surface area contributed by atoms with Gasteiger partial charge in [-0.05, 0) is 24.5 Å². The van der Waals surface area contributed by atoms with Crippen molar-refractivity contribution in [2.45, 2.75) is 25.8 Å². The predicted molar refractivity (Wildman–Crippen MR) is 90.6 cm³/mol. The Balaban J connectivity index is 1.41. The number of amides is 1. The van der Waals surface area contributed by atoms with E-state index in [1.807, 2.05) is 29.1 Å². The molecule has 1 amide bonds. The van der Waals surface area contributed by atoms with Crippen LogP contribution in [-0.4, -0.2) is 27.2 Å². The maximum atomic E-state index is 12.2. The van der Waals surface area contributed by atoms with Crippen LogP contribution in [0.15, 0.2) is 36.7 Å². The summed E-state index contributed by atoms with van der Waals surface area (Å²) in [4.78, 5) is 15.5. The molecular formula is C17H19N5O. The Hall–Kier alpha value is -2.76. The van der Waals surface area contributed by atoms with Crippen molar-refractivity contribution in [3.8, 4) is 0 Å². The SMILES string of the molecule is O=C(CCc1c[nH]c2ccccc12)Nc1cnn2c1NCCC2. The number of rotatable bonds is 4. The van der Waals surface area contributed by atoms with Gasteiger partial charge in [-0.3, -0.25) is 4.79 Å². The molecule has 0 radical (unpaired) electrons. The van der Waals surface area contributed by atoms with Crippen molar-refractivity contribution in [1.29, 1.82) is 0 Å². The first kappa shape index (κ1) is 13.9. The smallest absolute Gasteiger partial charge is 0.224 e. The number of para-hydroxylation sites is 1. The largest absolute Gasteiger partial charge is 0.368 e. The van der Waals surface area contributed by atoms with Crippen LogP contribution in [0.25, 0.3) is 10.9 Å². The summed E-state index contributed by atoms with van der Waals surface area (Å²) in [5.41, 5.74) is 3.05. The molecule has 0 fully saturated rings. The molecule has 3 N–H and O–H groups in total. The molecule has 0 saturated heterocycles.